The maximum atomic E-state index is 13.1. The fraction of sp³-hybridized carbons (Fsp3) is 0.303. The van der Waals surface area contributed by atoms with Crippen LogP contribution in [-0.4, -0.2) is 23.5 Å². The summed E-state index contributed by atoms with van der Waals surface area (Å²) in [7, 11) is -2.53. The van der Waals surface area contributed by atoms with E-state index in [1.54, 1.807) is 0 Å². The number of benzene rings is 3. The van der Waals surface area contributed by atoms with Gasteiger partial charge in [-0.05, 0) is 55.7 Å². The molecule has 0 saturated heterocycles. The summed E-state index contributed by atoms with van der Waals surface area (Å²) in [6, 6.07) is 26.2. The highest BCUT2D eigenvalue weighted by Gasteiger charge is 2.22. The minimum atomic E-state index is -2.53. The van der Waals surface area contributed by atoms with Crippen LogP contribution in [0.15, 0.2) is 79.0 Å². The molecule has 0 radical (unpaired) electrons. The van der Waals surface area contributed by atoms with E-state index in [-0.39, 0.29) is 17.0 Å². The summed E-state index contributed by atoms with van der Waals surface area (Å²) < 4.78 is 23.4. The van der Waals surface area contributed by atoms with E-state index in [1.165, 1.54) is 43.8 Å². The second-order valence-electron chi connectivity index (χ2n) is 9.89. The highest BCUT2D eigenvalue weighted by molar-refractivity contribution is 7.58. The van der Waals surface area contributed by atoms with Crippen molar-refractivity contribution in [2.75, 3.05) is 18.9 Å². The molecule has 4 nitrogen and oxygen atoms in total. The number of hydrogen-bond donors (Lipinski definition) is 0. The van der Waals surface area contributed by atoms with Crippen molar-refractivity contribution in [3.63, 3.8) is 0 Å². The van der Waals surface area contributed by atoms with Gasteiger partial charge in [-0.3, -0.25) is 4.57 Å². The van der Waals surface area contributed by atoms with Gasteiger partial charge in [0, 0.05) is 59.2 Å². The molecule has 3 aromatic carbocycles. The van der Waals surface area contributed by atoms with Crippen molar-refractivity contribution in [3.05, 3.63) is 90.1 Å². The van der Waals surface area contributed by atoms with E-state index in [0.29, 0.717) is 18.9 Å². The molecule has 0 aliphatic heterocycles. The molecular formula is C33H38BrN2O2P. The molecule has 39 heavy (non-hydrogen) atoms. The summed E-state index contributed by atoms with van der Waals surface area (Å²) in [6.45, 7) is 8.50. The van der Waals surface area contributed by atoms with E-state index < -0.39 is 7.37 Å². The highest BCUT2D eigenvalue weighted by atomic mass is 79.9. The zero-order chi connectivity index (χ0) is 26.5. The van der Waals surface area contributed by atoms with Crippen LogP contribution in [0.25, 0.3) is 44.9 Å². The summed E-state index contributed by atoms with van der Waals surface area (Å²) in [4.78, 5) is 0. The number of rotatable bonds is 11. The molecule has 2 aromatic heterocycles. The molecule has 0 aliphatic rings. The molecule has 5 rings (SSSR count). The average molecular weight is 606 g/mol. The average Bonchev–Trinajstić information content (AvgIpc) is 3.25. The monoisotopic (exact) mass is 604 g/mol. The Morgan fingerprint density at radius 3 is 2.36 bits per heavy atom. The maximum absolute atomic E-state index is 13.1. The Labute approximate surface area is 242 Å². The first-order chi connectivity index (χ1) is 18.6. The molecule has 2 heterocycles. The largest absolute Gasteiger partial charge is 1.00 e. The van der Waals surface area contributed by atoms with Gasteiger partial charge in [0.2, 0.25) is 12.9 Å². The maximum Gasteiger partial charge on any atom is 0.213 e. The van der Waals surface area contributed by atoms with Gasteiger partial charge in [0.25, 0.3) is 0 Å². The van der Waals surface area contributed by atoms with E-state index in [1.807, 2.05) is 6.92 Å². The van der Waals surface area contributed by atoms with Crippen molar-refractivity contribution in [1.29, 1.82) is 0 Å². The fourth-order valence-electron chi connectivity index (χ4n) is 5.65. The van der Waals surface area contributed by atoms with E-state index >= 15 is 0 Å². The summed E-state index contributed by atoms with van der Waals surface area (Å²) in [6.07, 6.45) is 9.62. The Hall–Kier alpha value is -2.72. The molecule has 0 bridgehead atoms. The van der Waals surface area contributed by atoms with Crippen molar-refractivity contribution in [2.24, 2.45) is 0 Å². The quantitative estimate of drug-likeness (QED) is 0.146. The van der Waals surface area contributed by atoms with Gasteiger partial charge >= 0.3 is 0 Å². The molecular weight excluding hydrogens is 567 g/mol. The lowest BCUT2D eigenvalue weighted by Crippen LogP contribution is -3.00. The van der Waals surface area contributed by atoms with Crippen LogP contribution in [0.2, 0.25) is 0 Å². The first-order valence-electron chi connectivity index (χ1n) is 13.9. The van der Waals surface area contributed by atoms with Gasteiger partial charge in [-0.2, -0.15) is 4.57 Å². The third-order valence-electron chi connectivity index (χ3n) is 7.35. The SMILES string of the molecule is CCCP(=O)(CCC[n+]1ccc(C=Cc2ccc3c(c2)c2ccccc2n3CC)c2ccccc21)OCC.[Br-]. The van der Waals surface area contributed by atoms with Crippen LogP contribution in [0.1, 0.15) is 44.7 Å². The van der Waals surface area contributed by atoms with E-state index in [9.17, 15) is 4.57 Å². The molecule has 1 unspecified atom stereocenters. The zero-order valence-electron chi connectivity index (χ0n) is 23.1. The van der Waals surface area contributed by atoms with Gasteiger partial charge < -0.3 is 26.1 Å². The number of nitrogens with zero attached hydrogens (tertiary/aromatic N) is 2. The van der Waals surface area contributed by atoms with Crippen molar-refractivity contribution in [3.8, 4) is 0 Å². The van der Waals surface area contributed by atoms with Crippen LogP contribution in [-0.2, 0) is 22.2 Å². The van der Waals surface area contributed by atoms with Crippen LogP contribution in [0.4, 0.5) is 0 Å². The lowest BCUT2D eigenvalue weighted by molar-refractivity contribution is -0.671. The third-order valence-corrected chi connectivity index (χ3v) is 10.2. The Morgan fingerprint density at radius 1 is 0.846 bits per heavy atom. The molecule has 0 spiro atoms. The summed E-state index contributed by atoms with van der Waals surface area (Å²) in [5.41, 5.74) is 6.15. The van der Waals surface area contributed by atoms with Crippen LogP contribution in [0.3, 0.4) is 0 Å². The number of halogens is 1. The molecule has 6 heteroatoms. The van der Waals surface area contributed by atoms with Gasteiger partial charge in [0.15, 0.2) is 6.20 Å². The van der Waals surface area contributed by atoms with Gasteiger partial charge in [-0.1, -0.05) is 55.5 Å². The van der Waals surface area contributed by atoms with Crippen LogP contribution >= 0.6 is 7.37 Å². The van der Waals surface area contributed by atoms with Gasteiger partial charge in [0.1, 0.15) is 6.54 Å². The predicted molar refractivity (Wildman–Crippen MR) is 162 cm³/mol. The number of aromatic nitrogens is 2. The van der Waals surface area contributed by atoms with Gasteiger partial charge in [0.05, 0.1) is 12.0 Å². The number of pyridine rings is 1. The minimum Gasteiger partial charge on any atom is -1.00 e. The number of fused-ring (bicyclic) bond motifs is 4. The second kappa shape index (κ2) is 13.1. The first-order valence-corrected chi connectivity index (χ1v) is 15.9. The molecule has 0 saturated carbocycles. The predicted octanol–water partition coefficient (Wildman–Crippen LogP) is 5.54. The summed E-state index contributed by atoms with van der Waals surface area (Å²) >= 11 is 0. The molecule has 0 amide bonds. The van der Waals surface area contributed by atoms with Crippen molar-refractivity contribution < 1.29 is 30.6 Å². The molecule has 0 aliphatic carbocycles. The Kier molecular flexibility index (Phi) is 9.82. The molecule has 204 valence electrons. The number of hydrogen-bond acceptors (Lipinski definition) is 2. The van der Waals surface area contributed by atoms with Crippen molar-refractivity contribution in [1.82, 2.24) is 4.57 Å². The second-order valence-corrected chi connectivity index (χ2v) is 12.7. The zero-order valence-corrected chi connectivity index (χ0v) is 25.6. The van der Waals surface area contributed by atoms with Crippen LogP contribution < -0.4 is 21.5 Å². The van der Waals surface area contributed by atoms with Crippen LogP contribution in [0, 0.1) is 0 Å². The fourth-order valence-corrected chi connectivity index (χ4v) is 7.91. The standard InChI is InChI=1S/C33H38N2O2P.BrH/c1-4-23-38(36,37-6-3)24-11-21-34-22-20-27(28-12-7-9-14-31(28)34)18-16-26-17-19-33-30(25-26)29-13-8-10-15-32(29)35(33)5-2;/h7-10,12-20,22,25H,4-6,11,21,23-24H2,1-3H3;1H/q+1;/p-1. The third kappa shape index (κ3) is 6.22. The van der Waals surface area contributed by atoms with Crippen LogP contribution in [0.5, 0.6) is 0 Å². The normalized spacial score (nSPS) is 13.3. The minimum absolute atomic E-state index is 0. The van der Waals surface area contributed by atoms with E-state index in [4.69, 9.17) is 4.52 Å². The Balaban J connectivity index is 0.00000353. The topological polar surface area (TPSA) is 35.1 Å². The lowest BCUT2D eigenvalue weighted by Gasteiger charge is -2.16. The highest BCUT2D eigenvalue weighted by Crippen LogP contribution is 2.47. The molecule has 0 fully saturated rings. The molecule has 0 N–H and O–H groups in total. The lowest BCUT2D eigenvalue weighted by atomic mass is 10.1. The summed E-state index contributed by atoms with van der Waals surface area (Å²) in [5, 5.41) is 3.82. The number of aryl methyl sites for hydroxylation is 2. The van der Waals surface area contributed by atoms with Crippen molar-refractivity contribution >= 4 is 52.2 Å². The first kappa shape index (κ1) is 29.3. The summed E-state index contributed by atoms with van der Waals surface area (Å²) in [5.74, 6) is 0. The van der Waals surface area contributed by atoms with Gasteiger partial charge in [-0.25, -0.2) is 0 Å². The molecule has 1 atom stereocenters. The Bertz CT molecular complexity index is 1650. The van der Waals surface area contributed by atoms with E-state index in [0.717, 1.165) is 25.9 Å². The molecule has 5 aromatic rings. The van der Waals surface area contributed by atoms with Gasteiger partial charge in [-0.15, -0.1) is 0 Å². The smallest absolute Gasteiger partial charge is 0.213 e. The van der Waals surface area contributed by atoms with E-state index in [2.05, 4.69) is 114 Å². The van der Waals surface area contributed by atoms with Crippen molar-refractivity contribution in [2.45, 2.75) is 46.7 Å². The number of para-hydroxylation sites is 2. The Morgan fingerprint density at radius 2 is 1.59 bits per heavy atom.